The van der Waals surface area contributed by atoms with Crippen LogP contribution in [0.5, 0.6) is 11.5 Å². The number of carbonyl (C=O) groups is 1. The van der Waals surface area contributed by atoms with Gasteiger partial charge in [-0.3, -0.25) is 4.79 Å². The Hall–Kier alpha value is -2.38. The van der Waals surface area contributed by atoms with Crippen LogP contribution in [0.25, 0.3) is 11.1 Å². The molecule has 3 aromatic rings. The molecular weight excluding hydrogens is 424 g/mol. The third-order valence-electron chi connectivity index (χ3n) is 5.38. The van der Waals surface area contributed by atoms with Crippen LogP contribution in [0, 0.1) is 0 Å². The highest BCUT2D eigenvalue weighted by Crippen LogP contribution is 2.38. The molecule has 1 saturated heterocycles. The third-order valence-corrected chi connectivity index (χ3v) is 6.43. The van der Waals surface area contributed by atoms with Gasteiger partial charge in [0.25, 0.3) is 5.22 Å². The molecule has 1 amide bonds. The van der Waals surface area contributed by atoms with Crippen molar-refractivity contribution in [2.45, 2.75) is 30.5 Å². The molecule has 0 aliphatic carbocycles. The second-order valence-electron chi connectivity index (χ2n) is 7.38. The van der Waals surface area contributed by atoms with E-state index >= 15 is 0 Å². The minimum Gasteiger partial charge on any atom is -0.490 e. The number of hydrogen-bond acceptors (Lipinski definition) is 6. The first-order valence-corrected chi connectivity index (χ1v) is 11.4. The molecule has 1 unspecified atom stereocenters. The lowest BCUT2D eigenvalue weighted by atomic mass is 10.0. The van der Waals surface area contributed by atoms with Crippen molar-refractivity contribution in [1.82, 2.24) is 9.88 Å². The summed E-state index contributed by atoms with van der Waals surface area (Å²) in [4.78, 5) is 19.3. The van der Waals surface area contributed by atoms with Crippen LogP contribution in [0.4, 0.5) is 0 Å². The molecule has 1 atom stereocenters. The van der Waals surface area contributed by atoms with Crippen molar-refractivity contribution >= 4 is 40.4 Å². The van der Waals surface area contributed by atoms with Crippen LogP contribution in [-0.4, -0.2) is 41.3 Å². The van der Waals surface area contributed by atoms with Gasteiger partial charge >= 0.3 is 0 Å². The highest BCUT2D eigenvalue weighted by molar-refractivity contribution is 7.99. The number of halogens is 1. The van der Waals surface area contributed by atoms with Crippen LogP contribution >= 0.6 is 23.4 Å². The van der Waals surface area contributed by atoms with Gasteiger partial charge in [-0.05, 0) is 48.7 Å². The Morgan fingerprint density at radius 2 is 2.00 bits per heavy atom. The van der Waals surface area contributed by atoms with Crippen LogP contribution in [0.2, 0.25) is 5.02 Å². The van der Waals surface area contributed by atoms with E-state index in [1.165, 1.54) is 11.8 Å². The predicted octanol–water partition coefficient (Wildman–Crippen LogP) is 5.10. The number of rotatable bonds is 4. The maximum absolute atomic E-state index is 13.0. The highest BCUT2D eigenvalue weighted by Gasteiger charge is 2.31. The average Bonchev–Trinajstić information content (AvgIpc) is 3.32. The quantitative estimate of drug-likeness (QED) is 0.522. The summed E-state index contributed by atoms with van der Waals surface area (Å²) in [5.74, 6) is 1.90. The van der Waals surface area contributed by atoms with Gasteiger partial charge in [0.05, 0.1) is 25.0 Å². The van der Waals surface area contributed by atoms with Gasteiger partial charge in [0.1, 0.15) is 5.52 Å². The van der Waals surface area contributed by atoms with Crippen molar-refractivity contribution in [3.63, 3.8) is 0 Å². The predicted molar refractivity (Wildman–Crippen MR) is 115 cm³/mol. The molecule has 1 aromatic heterocycles. The van der Waals surface area contributed by atoms with Gasteiger partial charge in [0.15, 0.2) is 17.1 Å². The van der Waals surface area contributed by atoms with Gasteiger partial charge in [0, 0.05) is 18.0 Å². The number of nitrogens with zero attached hydrogens (tertiary/aromatic N) is 2. The average molecular weight is 445 g/mol. The first kappa shape index (κ1) is 19.6. The number of hydrogen-bond donors (Lipinski definition) is 0. The standard InChI is InChI=1S/C22H21ClN2O4S/c23-15-5-7-18-16(12-15)24-22(29-18)30-13-21(26)25-8-1-3-17(25)14-4-6-19-20(11-14)28-10-2-9-27-19/h4-7,11-12,17H,1-3,8-10,13H2. The summed E-state index contributed by atoms with van der Waals surface area (Å²) >= 11 is 7.32. The zero-order chi connectivity index (χ0) is 20.5. The van der Waals surface area contributed by atoms with Gasteiger partial charge in [-0.1, -0.05) is 29.4 Å². The van der Waals surface area contributed by atoms with Crippen LogP contribution < -0.4 is 9.47 Å². The monoisotopic (exact) mass is 444 g/mol. The molecule has 0 saturated carbocycles. The summed E-state index contributed by atoms with van der Waals surface area (Å²) in [6.07, 6.45) is 2.80. The molecule has 5 rings (SSSR count). The largest absolute Gasteiger partial charge is 0.490 e. The molecular formula is C22H21ClN2O4S. The Morgan fingerprint density at radius 3 is 2.90 bits per heavy atom. The highest BCUT2D eigenvalue weighted by atomic mass is 35.5. The molecule has 2 aliphatic rings. The molecule has 3 heterocycles. The Bertz CT molecular complexity index is 1090. The summed E-state index contributed by atoms with van der Waals surface area (Å²) in [6, 6.07) is 11.4. The van der Waals surface area contributed by atoms with Crippen molar-refractivity contribution in [2.75, 3.05) is 25.5 Å². The molecule has 156 valence electrons. The number of amides is 1. The van der Waals surface area contributed by atoms with Gasteiger partial charge in [-0.2, -0.15) is 0 Å². The minimum absolute atomic E-state index is 0.0534. The third kappa shape index (κ3) is 3.96. The Balaban J connectivity index is 1.28. The number of carbonyl (C=O) groups excluding carboxylic acids is 1. The summed E-state index contributed by atoms with van der Waals surface area (Å²) in [6.45, 7) is 2.07. The SMILES string of the molecule is O=C(CSc1nc2cc(Cl)ccc2o1)N1CCCC1c1ccc2c(c1)OCCCO2. The zero-order valence-electron chi connectivity index (χ0n) is 16.3. The maximum Gasteiger partial charge on any atom is 0.257 e. The lowest BCUT2D eigenvalue weighted by molar-refractivity contribution is -0.129. The number of fused-ring (bicyclic) bond motifs is 2. The van der Waals surface area contributed by atoms with Crippen molar-refractivity contribution in [3.05, 3.63) is 47.0 Å². The van der Waals surface area contributed by atoms with E-state index in [4.69, 9.17) is 25.5 Å². The minimum atomic E-state index is 0.0534. The van der Waals surface area contributed by atoms with E-state index in [9.17, 15) is 4.79 Å². The van der Waals surface area contributed by atoms with E-state index in [0.29, 0.717) is 34.6 Å². The summed E-state index contributed by atoms with van der Waals surface area (Å²) < 4.78 is 17.3. The lowest BCUT2D eigenvalue weighted by Crippen LogP contribution is -2.32. The van der Waals surface area contributed by atoms with Crippen LogP contribution in [0.1, 0.15) is 30.9 Å². The first-order chi connectivity index (χ1) is 14.7. The van der Waals surface area contributed by atoms with E-state index in [1.807, 2.05) is 23.1 Å². The van der Waals surface area contributed by atoms with Crippen LogP contribution in [0.3, 0.4) is 0 Å². The van der Waals surface area contributed by atoms with Gasteiger partial charge in [-0.15, -0.1) is 0 Å². The van der Waals surface area contributed by atoms with E-state index in [0.717, 1.165) is 42.9 Å². The van der Waals surface area contributed by atoms with Crippen molar-refractivity contribution in [3.8, 4) is 11.5 Å². The fourth-order valence-electron chi connectivity index (χ4n) is 3.95. The van der Waals surface area contributed by atoms with Gasteiger partial charge in [0.2, 0.25) is 5.91 Å². The molecule has 2 aliphatic heterocycles. The number of thioether (sulfide) groups is 1. The second kappa shape index (κ2) is 8.40. The number of oxazole rings is 1. The van der Waals surface area contributed by atoms with Crippen molar-refractivity contribution in [1.29, 1.82) is 0 Å². The molecule has 0 bridgehead atoms. The summed E-state index contributed by atoms with van der Waals surface area (Å²) in [5.41, 5.74) is 2.45. The van der Waals surface area contributed by atoms with E-state index in [2.05, 4.69) is 4.98 Å². The molecule has 8 heteroatoms. The molecule has 0 spiro atoms. The van der Waals surface area contributed by atoms with Crippen LogP contribution in [-0.2, 0) is 4.79 Å². The molecule has 2 aromatic carbocycles. The molecule has 1 fully saturated rings. The van der Waals surface area contributed by atoms with Gasteiger partial charge in [-0.25, -0.2) is 4.98 Å². The van der Waals surface area contributed by atoms with Gasteiger partial charge < -0.3 is 18.8 Å². The fraction of sp³-hybridized carbons (Fsp3) is 0.364. The Morgan fingerprint density at radius 1 is 1.13 bits per heavy atom. The maximum atomic E-state index is 13.0. The topological polar surface area (TPSA) is 64.8 Å². The van der Waals surface area contributed by atoms with Crippen LogP contribution in [0.15, 0.2) is 46.0 Å². The van der Waals surface area contributed by atoms with E-state index in [1.54, 1.807) is 18.2 Å². The number of benzene rings is 2. The van der Waals surface area contributed by atoms with E-state index < -0.39 is 0 Å². The summed E-state index contributed by atoms with van der Waals surface area (Å²) in [5, 5.41) is 1.09. The van der Waals surface area contributed by atoms with Crippen molar-refractivity contribution < 1.29 is 18.7 Å². The van der Waals surface area contributed by atoms with E-state index in [-0.39, 0.29) is 17.7 Å². The molecule has 0 N–H and O–H groups in total. The summed E-state index contributed by atoms with van der Waals surface area (Å²) in [7, 11) is 0. The fourth-order valence-corrected chi connectivity index (χ4v) is 4.84. The number of ether oxygens (including phenoxy) is 2. The second-order valence-corrected chi connectivity index (χ2v) is 8.75. The molecule has 0 radical (unpaired) electrons. The molecule has 30 heavy (non-hydrogen) atoms. The number of aromatic nitrogens is 1. The lowest BCUT2D eigenvalue weighted by Gasteiger charge is -2.25. The Labute approximate surface area is 183 Å². The van der Waals surface area contributed by atoms with Crippen molar-refractivity contribution in [2.24, 2.45) is 0 Å². The number of likely N-dealkylation sites (tertiary alicyclic amines) is 1. The first-order valence-electron chi connectivity index (χ1n) is 10.1. The Kier molecular flexibility index (Phi) is 5.48. The smallest absolute Gasteiger partial charge is 0.257 e. The zero-order valence-corrected chi connectivity index (χ0v) is 17.9. The normalized spacial score (nSPS) is 18.6. The molecule has 6 nitrogen and oxygen atoms in total.